The van der Waals surface area contributed by atoms with Crippen LogP contribution in [0.15, 0.2) is 12.3 Å². The van der Waals surface area contributed by atoms with Gasteiger partial charge in [-0.2, -0.15) is 0 Å². The Morgan fingerprint density at radius 3 is 2.56 bits per heavy atom. The first kappa shape index (κ1) is 12.5. The molecule has 0 radical (unpaired) electrons. The Morgan fingerprint density at radius 1 is 1.38 bits per heavy atom. The van der Waals surface area contributed by atoms with Gasteiger partial charge in [0.15, 0.2) is 0 Å². The second kappa shape index (κ2) is 4.51. The van der Waals surface area contributed by atoms with Crippen molar-refractivity contribution in [1.82, 2.24) is 4.98 Å². The van der Waals surface area contributed by atoms with Crippen molar-refractivity contribution in [3.05, 3.63) is 23.5 Å². The smallest absolute Gasteiger partial charge is 0.412 e. The van der Waals surface area contributed by atoms with E-state index < -0.39 is 11.7 Å². The Balaban J connectivity index is 2.73. The summed E-state index contributed by atoms with van der Waals surface area (Å²) in [5.74, 6) is 0. The maximum Gasteiger partial charge on any atom is 0.412 e. The molecule has 1 heterocycles. The number of hydrogen-bond donors (Lipinski definition) is 1. The van der Waals surface area contributed by atoms with Crippen LogP contribution < -0.4 is 5.32 Å². The summed E-state index contributed by atoms with van der Waals surface area (Å²) < 4.78 is 5.17. The number of rotatable bonds is 1. The topological polar surface area (TPSA) is 51.2 Å². The molecule has 0 saturated carbocycles. The summed E-state index contributed by atoms with van der Waals surface area (Å²) in [4.78, 5) is 15.7. The monoisotopic (exact) mass is 222 g/mol. The van der Waals surface area contributed by atoms with E-state index in [0.717, 1.165) is 16.9 Å². The van der Waals surface area contributed by atoms with E-state index in [1.807, 2.05) is 40.7 Å². The second-order valence-electron chi connectivity index (χ2n) is 4.77. The van der Waals surface area contributed by atoms with Crippen molar-refractivity contribution in [2.45, 2.75) is 40.2 Å². The third-order valence-corrected chi connectivity index (χ3v) is 1.88. The van der Waals surface area contributed by atoms with Gasteiger partial charge in [0, 0.05) is 11.9 Å². The van der Waals surface area contributed by atoms with Gasteiger partial charge in [0.1, 0.15) is 5.60 Å². The van der Waals surface area contributed by atoms with E-state index in [1.165, 1.54) is 0 Å². The summed E-state index contributed by atoms with van der Waals surface area (Å²) in [7, 11) is 0. The van der Waals surface area contributed by atoms with E-state index >= 15 is 0 Å². The zero-order chi connectivity index (χ0) is 12.3. The van der Waals surface area contributed by atoms with Gasteiger partial charge in [-0.3, -0.25) is 10.3 Å². The highest BCUT2D eigenvalue weighted by Gasteiger charge is 2.16. The van der Waals surface area contributed by atoms with Crippen LogP contribution in [0.3, 0.4) is 0 Å². The molecule has 0 saturated heterocycles. The van der Waals surface area contributed by atoms with Gasteiger partial charge in [-0.25, -0.2) is 4.79 Å². The molecule has 1 N–H and O–H groups in total. The largest absolute Gasteiger partial charge is 0.444 e. The van der Waals surface area contributed by atoms with Gasteiger partial charge in [0.2, 0.25) is 0 Å². The first-order valence-corrected chi connectivity index (χ1v) is 5.21. The van der Waals surface area contributed by atoms with Gasteiger partial charge in [0.05, 0.1) is 5.69 Å². The molecule has 1 rings (SSSR count). The maximum absolute atomic E-state index is 11.5. The van der Waals surface area contributed by atoms with Crippen LogP contribution in [0.2, 0.25) is 0 Å². The Bertz CT molecular complexity index is 394. The van der Waals surface area contributed by atoms with Crippen LogP contribution in [0.5, 0.6) is 0 Å². The molecule has 0 aliphatic rings. The van der Waals surface area contributed by atoms with Crippen molar-refractivity contribution < 1.29 is 9.53 Å². The predicted molar refractivity (Wildman–Crippen MR) is 63.6 cm³/mol. The van der Waals surface area contributed by atoms with Crippen molar-refractivity contribution in [1.29, 1.82) is 0 Å². The SMILES string of the molecule is Cc1cc(NC(=O)OC(C)(C)C)c(C)cn1. The molecule has 0 aliphatic carbocycles. The molecule has 0 aliphatic heterocycles. The maximum atomic E-state index is 11.5. The molecule has 16 heavy (non-hydrogen) atoms. The van der Waals surface area contributed by atoms with Crippen LogP contribution in [0, 0.1) is 13.8 Å². The van der Waals surface area contributed by atoms with E-state index in [0.29, 0.717) is 0 Å². The number of amides is 1. The van der Waals surface area contributed by atoms with Crippen molar-refractivity contribution in [3.63, 3.8) is 0 Å². The number of aromatic nitrogens is 1. The average molecular weight is 222 g/mol. The number of anilines is 1. The van der Waals surface area contributed by atoms with Crippen LogP contribution >= 0.6 is 0 Å². The fourth-order valence-corrected chi connectivity index (χ4v) is 1.18. The van der Waals surface area contributed by atoms with Crippen molar-refractivity contribution in [2.75, 3.05) is 5.32 Å². The second-order valence-corrected chi connectivity index (χ2v) is 4.77. The molecule has 0 fully saturated rings. The minimum atomic E-state index is -0.486. The Kier molecular flexibility index (Phi) is 3.52. The number of carbonyl (C=O) groups excluding carboxylic acids is 1. The summed E-state index contributed by atoms with van der Waals surface area (Å²) in [5.41, 5.74) is 2.02. The van der Waals surface area contributed by atoms with E-state index in [4.69, 9.17) is 4.74 Å². The number of aryl methyl sites for hydroxylation is 2. The summed E-state index contributed by atoms with van der Waals surface area (Å²) in [6.45, 7) is 9.25. The number of nitrogens with zero attached hydrogens (tertiary/aromatic N) is 1. The highest BCUT2D eigenvalue weighted by molar-refractivity contribution is 5.85. The normalized spacial score (nSPS) is 11.1. The molecule has 88 valence electrons. The first-order chi connectivity index (χ1) is 7.28. The van der Waals surface area contributed by atoms with Crippen molar-refractivity contribution in [2.24, 2.45) is 0 Å². The van der Waals surface area contributed by atoms with Gasteiger partial charge in [-0.15, -0.1) is 0 Å². The zero-order valence-electron chi connectivity index (χ0n) is 10.4. The molecular formula is C12H18N2O2. The highest BCUT2D eigenvalue weighted by Crippen LogP contribution is 2.16. The molecular weight excluding hydrogens is 204 g/mol. The number of carbonyl (C=O) groups is 1. The quantitative estimate of drug-likeness (QED) is 0.794. The molecule has 0 atom stereocenters. The number of hydrogen-bond acceptors (Lipinski definition) is 3. The van der Waals surface area contributed by atoms with Crippen LogP contribution in [-0.4, -0.2) is 16.7 Å². The molecule has 4 heteroatoms. The Morgan fingerprint density at radius 2 is 2.00 bits per heavy atom. The van der Waals surface area contributed by atoms with Gasteiger partial charge in [-0.1, -0.05) is 0 Å². The van der Waals surface area contributed by atoms with Gasteiger partial charge < -0.3 is 4.74 Å². The molecule has 0 spiro atoms. The lowest BCUT2D eigenvalue weighted by Gasteiger charge is -2.20. The Hall–Kier alpha value is -1.58. The van der Waals surface area contributed by atoms with Crippen LogP contribution in [0.1, 0.15) is 32.0 Å². The standard InChI is InChI=1S/C12H18N2O2/c1-8-7-13-9(2)6-10(8)14-11(15)16-12(3,4)5/h6-7H,1-5H3,(H,13,14,15). The van der Waals surface area contributed by atoms with E-state index in [-0.39, 0.29) is 0 Å². The number of ether oxygens (including phenoxy) is 1. The van der Waals surface area contributed by atoms with E-state index in [9.17, 15) is 4.79 Å². The molecule has 0 bridgehead atoms. The van der Waals surface area contributed by atoms with Crippen LogP contribution in [0.25, 0.3) is 0 Å². The van der Waals surface area contributed by atoms with Crippen LogP contribution in [-0.2, 0) is 4.74 Å². The number of nitrogens with one attached hydrogen (secondary N) is 1. The molecule has 0 unspecified atom stereocenters. The highest BCUT2D eigenvalue weighted by atomic mass is 16.6. The molecule has 1 aromatic heterocycles. The van der Waals surface area contributed by atoms with Gasteiger partial charge >= 0.3 is 6.09 Å². The molecule has 4 nitrogen and oxygen atoms in total. The number of pyridine rings is 1. The Labute approximate surface area is 96.0 Å². The third-order valence-electron chi connectivity index (χ3n) is 1.88. The lowest BCUT2D eigenvalue weighted by Crippen LogP contribution is -2.27. The lowest BCUT2D eigenvalue weighted by molar-refractivity contribution is 0.0636. The van der Waals surface area contributed by atoms with Crippen molar-refractivity contribution in [3.8, 4) is 0 Å². The zero-order valence-corrected chi connectivity index (χ0v) is 10.4. The fraction of sp³-hybridized carbons (Fsp3) is 0.500. The summed E-state index contributed by atoms with van der Waals surface area (Å²) >= 11 is 0. The third kappa shape index (κ3) is 3.88. The molecule has 0 aromatic carbocycles. The molecule has 1 amide bonds. The predicted octanol–water partition coefficient (Wildman–Crippen LogP) is 3.05. The lowest BCUT2D eigenvalue weighted by atomic mass is 10.2. The fourth-order valence-electron chi connectivity index (χ4n) is 1.18. The average Bonchev–Trinajstić information content (AvgIpc) is 2.08. The van der Waals surface area contributed by atoms with Crippen molar-refractivity contribution >= 4 is 11.8 Å². The van der Waals surface area contributed by atoms with Gasteiger partial charge in [-0.05, 0) is 46.2 Å². The summed E-state index contributed by atoms with van der Waals surface area (Å²) in [5, 5.41) is 2.71. The molecule has 1 aromatic rings. The summed E-state index contributed by atoms with van der Waals surface area (Å²) in [6, 6.07) is 1.82. The van der Waals surface area contributed by atoms with E-state index in [1.54, 1.807) is 6.20 Å². The van der Waals surface area contributed by atoms with E-state index in [2.05, 4.69) is 10.3 Å². The summed E-state index contributed by atoms with van der Waals surface area (Å²) in [6.07, 6.45) is 1.28. The minimum absolute atomic E-state index is 0.443. The minimum Gasteiger partial charge on any atom is -0.444 e. The van der Waals surface area contributed by atoms with Gasteiger partial charge in [0.25, 0.3) is 0 Å². The first-order valence-electron chi connectivity index (χ1n) is 5.21. The van der Waals surface area contributed by atoms with Crippen LogP contribution in [0.4, 0.5) is 10.5 Å².